The number of rotatable bonds is 4. The van der Waals surface area contributed by atoms with Gasteiger partial charge in [0, 0.05) is 5.02 Å². The molecule has 1 aromatic heterocycles. The molecule has 0 aliphatic rings. The molecule has 1 heterocycles. The van der Waals surface area contributed by atoms with E-state index in [0.29, 0.717) is 22.3 Å². The molecule has 0 saturated heterocycles. The number of ether oxygens (including phenoxy) is 1. The molecule has 0 spiro atoms. The van der Waals surface area contributed by atoms with Crippen LogP contribution in [0.25, 0.3) is 0 Å². The maximum absolute atomic E-state index is 6.14. The van der Waals surface area contributed by atoms with Crippen molar-refractivity contribution in [1.82, 2.24) is 15.0 Å². The van der Waals surface area contributed by atoms with Gasteiger partial charge in [-0.1, -0.05) is 23.2 Å². The lowest BCUT2D eigenvalue weighted by atomic mass is 10.2. The maximum atomic E-state index is 6.14. The number of nitrogens with two attached hydrogens (primary N) is 1. The molecule has 106 valence electrons. The van der Waals surface area contributed by atoms with Crippen molar-refractivity contribution in [2.45, 2.75) is 13.8 Å². The van der Waals surface area contributed by atoms with E-state index in [0.717, 1.165) is 5.56 Å². The van der Waals surface area contributed by atoms with E-state index in [1.165, 1.54) is 0 Å². The summed E-state index contributed by atoms with van der Waals surface area (Å²) in [5.41, 5.74) is 7.05. The van der Waals surface area contributed by atoms with Crippen LogP contribution in [0.15, 0.2) is 12.1 Å². The van der Waals surface area contributed by atoms with Gasteiger partial charge in [0.05, 0.1) is 17.3 Å². The zero-order chi connectivity index (χ0) is 14.7. The minimum atomic E-state index is 0.0558. The topological polar surface area (TPSA) is 86.0 Å². The van der Waals surface area contributed by atoms with E-state index in [-0.39, 0.29) is 17.9 Å². The van der Waals surface area contributed by atoms with Crippen molar-refractivity contribution >= 4 is 40.8 Å². The summed E-state index contributed by atoms with van der Waals surface area (Å²) in [6.45, 7) is 4.12. The van der Waals surface area contributed by atoms with Crippen molar-refractivity contribution < 1.29 is 4.74 Å². The molecule has 0 amide bonds. The molecule has 0 fully saturated rings. The first-order valence-corrected chi connectivity index (χ1v) is 6.62. The van der Waals surface area contributed by atoms with Crippen LogP contribution in [0.4, 0.5) is 17.6 Å². The fraction of sp³-hybridized carbons (Fsp3) is 0.250. The van der Waals surface area contributed by atoms with Crippen LogP contribution < -0.4 is 15.8 Å². The molecule has 6 nitrogen and oxygen atoms in total. The fourth-order valence-corrected chi connectivity index (χ4v) is 1.91. The molecule has 0 aliphatic heterocycles. The Balaban J connectivity index is 2.32. The highest BCUT2D eigenvalue weighted by molar-refractivity contribution is 6.35. The second kappa shape index (κ2) is 6.11. The normalized spacial score (nSPS) is 10.4. The van der Waals surface area contributed by atoms with Crippen molar-refractivity contribution in [3.63, 3.8) is 0 Å². The van der Waals surface area contributed by atoms with Gasteiger partial charge >= 0.3 is 6.01 Å². The smallest absolute Gasteiger partial charge is 0.323 e. The third-order valence-corrected chi connectivity index (χ3v) is 3.12. The Bertz CT molecular complexity index is 635. The Morgan fingerprint density at radius 1 is 1.20 bits per heavy atom. The Morgan fingerprint density at radius 2 is 1.95 bits per heavy atom. The quantitative estimate of drug-likeness (QED) is 0.901. The van der Waals surface area contributed by atoms with Crippen LogP contribution in [0, 0.1) is 6.92 Å². The molecule has 2 rings (SSSR count). The van der Waals surface area contributed by atoms with E-state index >= 15 is 0 Å². The van der Waals surface area contributed by atoms with E-state index in [9.17, 15) is 0 Å². The van der Waals surface area contributed by atoms with E-state index in [1.807, 2.05) is 13.8 Å². The number of anilines is 3. The van der Waals surface area contributed by atoms with Crippen molar-refractivity contribution in [1.29, 1.82) is 0 Å². The summed E-state index contributed by atoms with van der Waals surface area (Å²) in [6.07, 6.45) is 0. The monoisotopic (exact) mass is 313 g/mol. The van der Waals surface area contributed by atoms with E-state index < -0.39 is 0 Å². The van der Waals surface area contributed by atoms with Crippen molar-refractivity contribution in [2.24, 2.45) is 0 Å². The standard InChI is InChI=1S/C12H13Cl2N5O/c1-3-20-12-18-10(15)17-11(19-12)16-9-5-7(13)6(2)4-8(9)14/h4-5H,3H2,1-2H3,(H3,15,16,17,18,19). The van der Waals surface area contributed by atoms with Crippen LogP contribution >= 0.6 is 23.2 Å². The first kappa shape index (κ1) is 14.6. The Hall–Kier alpha value is -1.79. The van der Waals surface area contributed by atoms with Gasteiger partial charge in [-0.3, -0.25) is 0 Å². The molecule has 0 unspecified atom stereocenters. The molecular formula is C12H13Cl2N5O. The van der Waals surface area contributed by atoms with Gasteiger partial charge in [-0.25, -0.2) is 0 Å². The molecule has 0 radical (unpaired) electrons. The van der Waals surface area contributed by atoms with Crippen LogP contribution in [-0.4, -0.2) is 21.6 Å². The SMILES string of the molecule is CCOc1nc(N)nc(Nc2cc(Cl)c(C)cc2Cl)n1. The number of benzene rings is 1. The molecule has 3 N–H and O–H groups in total. The number of hydrogen-bond acceptors (Lipinski definition) is 6. The number of hydrogen-bond donors (Lipinski definition) is 2. The fourth-order valence-electron chi connectivity index (χ4n) is 1.48. The van der Waals surface area contributed by atoms with Gasteiger partial charge in [-0.05, 0) is 31.5 Å². The zero-order valence-corrected chi connectivity index (χ0v) is 12.5. The number of aromatic nitrogens is 3. The van der Waals surface area contributed by atoms with Gasteiger partial charge in [0.2, 0.25) is 11.9 Å². The highest BCUT2D eigenvalue weighted by atomic mass is 35.5. The van der Waals surface area contributed by atoms with Crippen molar-refractivity contribution in [3.8, 4) is 6.01 Å². The average molecular weight is 314 g/mol. The summed E-state index contributed by atoms with van der Waals surface area (Å²) in [5.74, 6) is 0.294. The second-order valence-electron chi connectivity index (χ2n) is 3.94. The van der Waals surface area contributed by atoms with Gasteiger partial charge in [0.15, 0.2) is 0 Å². The molecule has 0 atom stereocenters. The summed E-state index contributed by atoms with van der Waals surface area (Å²) >= 11 is 12.2. The molecule has 20 heavy (non-hydrogen) atoms. The molecule has 0 saturated carbocycles. The Labute approximate surface area is 126 Å². The number of nitrogen functional groups attached to an aromatic ring is 1. The highest BCUT2D eigenvalue weighted by Crippen LogP contribution is 2.30. The summed E-state index contributed by atoms with van der Waals surface area (Å²) in [4.78, 5) is 11.9. The van der Waals surface area contributed by atoms with Gasteiger partial charge in [-0.15, -0.1) is 0 Å². The minimum Gasteiger partial charge on any atom is -0.464 e. The lowest BCUT2D eigenvalue weighted by Gasteiger charge is -2.10. The average Bonchev–Trinajstić information content (AvgIpc) is 2.35. The zero-order valence-electron chi connectivity index (χ0n) is 10.9. The van der Waals surface area contributed by atoms with Crippen molar-refractivity contribution in [3.05, 3.63) is 27.7 Å². The molecule has 1 aromatic carbocycles. The first-order valence-electron chi connectivity index (χ1n) is 5.86. The lowest BCUT2D eigenvalue weighted by Crippen LogP contribution is -2.07. The molecule has 0 bridgehead atoms. The number of aryl methyl sites for hydroxylation is 1. The summed E-state index contributed by atoms with van der Waals surface area (Å²) in [5, 5.41) is 4.03. The highest BCUT2D eigenvalue weighted by Gasteiger charge is 2.09. The minimum absolute atomic E-state index is 0.0558. The van der Waals surface area contributed by atoms with E-state index in [2.05, 4.69) is 20.3 Å². The lowest BCUT2D eigenvalue weighted by molar-refractivity contribution is 0.312. The van der Waals surface area contributed by atoms with Crippen LogP contribution in [0.1, 0.15) is 12.5 Å². The number of nitrogens with zero attached hydrogens (tertiary/aromatic N) is 3. The van der Waals surface area contributed by atoms with Gasteiger partial charge in [0.1, 0.15) is 0 Å². The molecule has 2 aromatic rings. The summed E-state index contributed by atoms with van der Waals surface area (Å²) in [7, 11) is 0. The number of nitrogens with one attached hydrogen (secondary N) is 1. The molecule has 0 aliphatic carbocycles. The summed E-state index contributed by atoms with van der Waals surface area (Å²) < 4.78 is 5.20. The second-order valence-corrected chi connectivity index (χ2v) is 4.75. The molecular weight excluding hydrogens is 301 g/mol. The van der Waals surface area contributed by atoms with E-state index in [4.69, 9.17) is 33.7 Å². The van der Waals surface area contributed by atoms with Crippen molar-refractivity contribution in [2.75, 3.05) is 17.7 Å². The molecule has 8 heteroatoms. The van der Waals surface area contributed by atoms with Crippen LogP contribution in [0.2, 0.25) is 10.0 Å². The van der Waals surface area contributed by atoms with Gasteiger partial charge in [0.25, 0.3) is 0 Å². The van der Waals surface area contributed by atoms with Crippen LogP contribution in [0.3, 0.4) is 0 Å². The van der Waals surface area contributed by atoms with Gasteiger partial charge in [-0.2, -0.15) is 15.0 Å². The van der Waals surface area contributed by atoms with Crippen LogP contribution in [-0.2, 0) is 0 Å². The first-order chi connectivity index (χ1) is 9.49. The maximum Gasteiger partial charge on any atom is 0.323 e. The third-order valence-electron chi connectivity index (χ3n) is 2.40. The third kappa shape index (κ3) is 3.40. The predicted molar refractivity (Wildman–Crippen MR) is 79.9 cm³/mol. The van der Waals surface area contributed by atoms with E-state index in [1.54, 1.807) is 12.1 Å². The largest absolute Gasteiger partial charge is 0.464 e. The van der Waals surface area contributed by atoms with Crippen LogP contribution in [0.5, 0.6) is 6.01 Å². The Kier molecular flexibility index (Phi) is 4.46. The predicted octanol–water partition coefficient (Wildman–Crippen LogP) is 3.21. The van der Waals surface area contributed by atoms with Gasteiger partial charge < -0.3 is 15.8 Å². The number of halogens is 2. The Morgan fingerprint density at radius 3 is 2.65 bits per heavy atom. The summed E-state index contributed by atoms with van der Waals surface area (Å²) in [6, 6.07) is 3.59.